The molecule has 2 aromatic rings. The number of aliphatic hydroxyl groups excluding tert-OH is 1. The molecule has 10 heteroatoms. The largest absolute Gasteiger partial charge is 0.394 e. The van der Waals surface area contributed by atoms with Crippen LogP contribution in [0.5, 0.6) is 0 Å². The highest BCUT2D eigenvalue weighted by Crippen LogP contribution is 2.39. The van der Waals surface area contributed by atoms with E-state index in [-0.39, 0.29) is 18.8 Å². The number of ether oxygens (including phenoxy) is 3. The molecule has 2 aliphatic heterocycles. The molecule has 2 fully saturated rings. The molecule has 4 atom stereocenters. The molecule has 2 saturated heterocycles. The Bertz CT molecular complexity index is 788. The third kappa shape index (κ3) is 2.76. The Morgan fingerprint density at radius 3 is 2.36 bits per heavy atom. The van der Waals surface area contributed by atoms with Crippen molar-refractivity contribution in [2.75, 3.05) is 24.3 Å². The molecule has 10 nitrogen and oxygen atoms in total. The summed E-state index contributed by atoms with van der Waals surface area (Å²) in [5.41, 5.74) is 1.16. The molecule has 0 amide bonds. The number of nitrogens with one attached hydrogen (secondary N) is 2. The topological polar surface area (TPSA) is 124 Å². The fraction of sp³-hybridized carbons (Fsp3) is 0.600. The molecule has 0 aromatic carbocycles. The SMILES string of the molecule is CNc1ncnc2c(N[C@@H]3O[C@H](CO)[C@H]4OC(C)(C)O[C@H]43)ncnc12. The Kier molecular flexibility index (Phi) is 3.91. The first-order chi connectivity index (χ1) is 12.0. The van der Waals surface area contributed by atoms with Crippen LogP contribution in [0.3, 0.4) is 0 Å². The second-order valence-corrected chi connectivity index (χ2v) is 6.38. The zero-order valence-corrected chi connectivity index (χ0v) is 14.1. The number of anilines is 2. The van der Waals surface area contributed by atoms with E-state index >= 15 is 0 Å². The molecule has 0 spiro atoms. The van der Waals surface area contributed by atoms with Crippen LogP contribution < -0.4 is 10.6 Å². The summed E-state index contributed by atoms with van der Waals surface area (Å²) in [6, 6.07) is 0. The molecular weight excluding hydrogens is 328 g/mol. The predicted octanol–water partition coefficient (Wildman–Crippen LogP) is 0.111. The standard InChI is InChI=1S/C15H20N6O4/c1-15(2)24-10-7(4-22)23-14(11(10)25-15)21-13-9-8(17-6-20-13)12(16-3)19-5-18-9/h5-7,10-11,14,22H,4H2,1-3H3,(H,16,18,19)(H,17,20,21)/t7-,10-,11-,14-/m1/s1. The number of nitrogens with zero attached hydrogens (tertiary/aromatic N) is 4. The van der Waals surface area contributed by atoms with E-state index in [0.717, 1.165) is 0 Å². The molecule has 25 heavy (non-hydrogen) atoms. The molecule has 0 unspecified atom stereocenters. The highest BCUT2D eigenvalue weighted by molar-refractivity contribution is 5.91. The lowest BCUT2D eigenvalue weighted by molar-refractivity contribution is -0.187. The van der Waals surface area contributed by atoms with Crippen molar-refractivity contribution >= 4 is 22.7 Å². The molecule has 0 saturated carbocycles. The van der Waals surface area contributed by atoms with Crippen molar-refractivity contribution in [2.24, 2.45) is 0 Å². The minimum atomic E-state index is -0.734. The average molecular weight is 348 g/mol. The average Bonchev–Trinajstić information content (AvgIpc) is 3.08. The first-order valence-electron chi connectivity index (χ1n) is 8.04. The van der Waals surface area contributed by atoms with Crippen LogP contribution in [-0.2, 0) is 14.2 Å². The van der Waals surface area contributed by atoms with Gasteiger partial charge in [0.05, 0.1) is 6.61 Å². The number of rotatable bonds is 4. The summed E-state index contributed by atoms with van der Waals surface area (Å²) in [5, 5.41) is 15.7. The van der Waals surface area contributed by atoms with Gasteiger partial charge < -0.3 is 30.0 Å². The van der Waals surface area contributed by atoms with Crippen LogP contribution in [0.25, 0.3) is 11.0 Å². The maximum Gasteiger partial charge on any atom is 0.164 e. The van der Waals surface area contributed by atoms with Gasteiger partial charge in [-0.2, -0.15) is 0 Å². The lowest BCUT2D eigenvalue weighted by atomic mass is 10.1. The van der Waals surface area contributed by atoms with E-state index < -0.39 is 18.1 Å². The fourth-order valence-corrected chi connectivity index (χ4v) is 3.25. The molecule has 0 radical (unpaired) electrons. The maximum atomic E-state index is 9.56. The third-order valence-electron chi connectivity index (χ3n) is 4.27. The molecule has 4 heterocycles. The van der Waals surface area contributed by atoms with E-state index in [2.05, 4.69) is 30.6 Å². The van der Waals surface area contributed by atoms with Gasteiger partial charge in [0.15, 0.2) is 23.7 Å². The summed E-state index contributed by atoms with van der Waals surface area (Å²) in [4.78, 5) is 16.9. The van der Waals surface area contributed by atoms with Crippen molar-refractivity contribution in [3.8, 4) is 0 Å². The van der Waals surface area contributed by atoms with Crippen molar-refractivity contribution in [1.29, 1.82) is 0 Å². The van der Waals surface area contributed by atoms with Crippen LogP contribution in [0.15, 0.2) is 12.7 Å². The minimum Gasteiger partial charge on any atom is -0.394 e. The van der Waals surface area contributed by atoms with Gasteiger partial charge in [0.2, 0.25) is 0 Å². The van der Waals surface area contributed by atoms with E-state index in [4.69, 9.17) is 14.2 Å². The van der Waals surface area contributed by atoms with Crippen molar-refractivity contribution in [1.82, 2.24) is 19.9 Å². The molecule has 0 bridgehead atoms. The van der Waals surface area contributed by atoms with Crippen LogP contribution in [-0.4, -0.2) is 69.0 Å². The quantitative estimate of drug-likeness (QED) is 0.701. The van der Waals surface area contributed by atoms with Gasteiger partial charge >= 0.3 is 0 Å². The molecule has 134 valence electrons. The maximum absolute atomic E-state index is 9.56. The Morgan fingerprint density at radius 1 is 1.04 bits per heavy atom. The van der Waals surface area contributed by atoms with Gasteiger partial charge in [0.25, 0.3) is 0 Å². The highest BCUT2D eigenvalue weighted by atomic mass is 16.8. The monoisotopic (exact) mass is 348 g/mol. The molecule has 0 aliphatic carbocycles. The summed E-state index contributed by atoms with van der Waals surface area (Å²) in [5.74, 6) is 0.372. The minimum absolute atomic E-state index is 0.157. The predicted molar refractivity (Wildman–Crippen MR) is 87.9 cm³/mol. The summed E-state index contributed by atoms with van der Waals surface area (Å²) in [6.45, 7) is 3.52. The van der Waals surface area contributed by atoms with Gasteiger partial charge in [-0.25, -0.2) is 19.9 Å². The highest BCUT2D eigenvalue weighted by Gasteiger charge is 2.55. The Morgan fingerprint density at radius 2 is 1.68 bits per heavy atom. The molecule has 3 N–H and O–H groups in total. The van der Waals surface area contributed by atoms with Crippen LogP contribution in [0.4, 0.5) is 11.6 Å². The number of hydrogen-bond donors (Lipinski definition) is 3. The van der Waals surface area contributed by atoms with E-state index in [1.807, 2.05) is 13.8 Å². The zero-order valence-electron chi connectivity index (χ0n) is 14.1. The van der Waals surface area contributed by atoms with Gasteiger partial charge in [-0.3, -0.25) is 0 Å². The van der Waals surface area contributed by atoms with Crippen molar-refractivity contribution < 1.29 is 19.3 Å². The van der Waals surface area contributed by atoms with Crippen molar-refractivity contribution in [3.05, 3.63) is 12.7 Å². The lowest BCUT2D eigenvalue weighted by Gasteiger charge is -2.24. The summed E-state index contributed by atoms with van der Waals surface area (Å²) >= 11 is 0. The van der Waals surface area contributed by atoms with Gasteiger partial charge in [-0.1, -0.05) is 0 Å². The third-order valence-corrected chi connectivity index (χ3v) is 4.27. The summed E-state index contributed by atoms with van der Waals surface area (Å²) in [6.07, 6.45) is 1.14. The van der Waals surface area contributed by atoms with Crippen LogP contribution in [0, 0.1) is 0 Å². The Balaban J connectivity index is 1.65. The van der Waals surface area contributed by atoms with E-state index in [9.17, 15) is 5.11 Å². The fourth-order valence-electron chi connectivity index (χ4n) is 3.25. The summed E-state index contributed by atoms with van der Waals surface area (Å²) < 4.78 is 17.6. The number of aliphatic hydroxyl groups is 1. The normalized spacial score (nSPS) is 30.4. The number of aromatic nitrogens is 4. The molecule has 2 aromatic heterocycles. The van der Waals surface area contributed by atoms with E-state index in [1.165, 1.54) is 12.7 Å². The van der Waals surface area contributed by atoms with Crippen molar-refractivity contribution in [3.63, 3.8) is 0 Å². The van der Waals surface area contributed by atoms with Crippen LogP contribution >= 0.6 is 0 Å². The number of fused-ring (bicyclic) bond motifs is 2. The first kappa shape index (κ1) is 16.3. The Hall–Kier alpha value is -2.14. The zero-order chi connectivity index (χ0) is 17.6. The number of hydrogen-bond acceptors (Lipinski definition) is 10. The van der Waals surface area contributed by atoms with Gasteiger partial charge in [0, 0.05) is 7.05 Å². The van der Waals surface area contributed by atoms with Gasteiger partial charge in [-0.05, 0) is 13.8 Å². The van der Waals surface area contributed by atoms with E-state index in [1.54, 1.807) is 7.05 Å². The molecule has 2 aliphatic rings. The molecular formula is C15H20N6O4. The van der Waals surface area contributed by atoms with Gasteiger partial charge in [0.1, 0.15) is 42.0 Å². The first-order valence-corrected chi connectivity index (χ1v) is 8.04. The summed E-state index contributed by atoms with van der Waals surface area (Å²) in [7, 11) is 1.76. The Labute approximate surface area is 143 Å². The van der Waals surface area contributed by atoms with E-state index in [0.29, 0.717) is 22.7 Å². The van der Waals surface area contributed by atoms with Crippen molar-refractivity contribution in [2.45, 2.75) is 44.2 Å². The molecule has 4 rings (SSSR count). The lowest BCUT2D eigenvalue weighted by Crippen LogP contribution is -2.35. The van der Waals surface area contributed by atoms with Gasteiger partial charge in [-0.15, -0.1) is 0 Å². The van der Waals surface area contributed by atoms with Crippen LogP contribution in [0.2, 0.25) is 0 Å². The van der Waals surface area contributed by atoms with Crippen LogP contribution in [0.1, 0.15) is 13.8 Å². The second kappa shape index (κ2) is 5.99. The second-order valence-electron chi connectivity index (χ2n) is 6.38. The smallest absolute Gasteiger partial charge is 0.164 e.